The summed E-state index contributed by atoms with van der Waals surface area (Å²) >= 11 is 0. The van der Waals surface area contributed by atoms with Crippen LogP contribution in [0.1, 0.15) is 78.1 Å². The molecule has 0 unspecified atom stereocenters. The minimum absolute atomic E-state index is 0.0533. The highest BCUT2D eigenvalue weighted by Gasteiger charge is 2.52. The van der Waals surface area contributed by atoms with Crippen LogP contribution in [0.15, 0.2) is 0 Å². The van der Waals surface area contributed by atoms with E-state index in [1.807, 2.05) is 18.7 Å². The van der Waals surface area contributed by atoms with Gasteiger partial charge in [0.25, 0.3) is 5.91 Å². The molecule has 5 amide bonds. The lowest BCUT2D eigenvalue weighted by Crippen LogP contribution is -2.48. The Kier molecular flexibility index (Phi) is 7.36. The van der Waals surface area contributed by atoms with Crippen LogP contribution in [0.5, 0.6) is 0 Å². The van der Waals surface area contributed by atoms with Gasteiger partial charge in [-0.05, 0) is 44.9 Å². The molecule has 30 heavy (non-hydrogen) atoms. The number of nitrogens with one attached hydrogen (secondary N) is 2. The molecule has 2 heterocycles. The molecule has 168 valence electrons. The Labute approximate surface area is 179 Å². The molecule has 8 heteroatoms. The highest BCUT2D eigenvalue weighted by atomic mass is 16.2. The molecule has 2 N–H and O–H groups in total. The molecule has 1 saturated carbocycles. The highest BCUT2D eigenvalue weighted by molar-refractivity contribution is 6.07. The van der Waals surface area contributed by atoms with E-state index in [9.17, 15) is 19.2 Å². The van der Waals surface area contributed by atoms with Crippen LogP contribution in [0.2, 0.25) is 0 Å². The fraction of sp³-hybridized carbons (Fsp3) is 0.818. The number of carbonyl (C=O) groups excluding carboxylic acids is 4. The van der Waals surface area contributed by atoms with Gasteiger partial charge >= 0.3 is 6.03 Å². The molecule has 3 aliphatic rings. The Morgan fingerprint density at radius 1 is 1.13 bits per heavy atom. The van der Waals surface area contributed by atoms with Crippen molar-refractivity contribution in [2.24, 2.45) is 5.92 Å². The van der Waals surface area contributed by atoms with Gasteiger partial charge in [-0.3, -0.25) is 19.3 Å². The predicted molar refractivity (Wildman–Crippen MR) is 112 cm³/mol. The van der Waals surface area contributed by atoms with Gasteiger partial charge < -0.3 is 15.5 Å². The van der Waals surface area contributed by atoms with E-state index < -0.39 is 5.54 Å². The van der Waals surface area contributed by atoms with Crippen molar-refractivity contribution in [3.05, 3.63) is 0 Å². The van der Waals surface area contributed by atoms with Crippen LogP contribution < -0.4 is 10.6 Å². The first-order valence-electron chi connectivity index (χ1n) is 11.6. The normalized spacial score (nSPS) is 21.6. The zero-order valence-corrected chi connectivity index (χ0v) is 18.4. The summed E-state index contributed by atoms with van der Waals surface area (Å²) in [6.45, 7) is 5.75. The average molecular weight is 421 g/mol. The van der Waals surface area contributed by atoms with Gasteiger partial charge in [0.2, 0.25) is 11.8 Å². The molecule has 0 aromatic heterocycles. The first kappa shape index (κ1) is 22.6. The summed E-state index contributed by atoms with van der Waals surface area (Å²) in [5, 5.41) is 5.92. The van der Waals surface area contributed by atoms with Crippen molar-refractivity contribution in [1.29, 1.82) is 0 Å². The fourth-order valence-electron chi connectivity index (χ4n) is 5.03. The Hall–Kier alpha value is -2.12. The van der Waals surface area contributed by atoms with Crippen molar-refractivity contribution in [2.75, 3.05) is 19.6 Å². The van der Waals surface area contributed by atoms with Crippen molar-refractivity contribution in [1.82, 2.24) is 20.4 Å². The zero-order chi connectivity index (χ0) is 21.7. The smallest absolute Gasteiger partial charge is 0.325 e. The number of hydrogen-bond donors (Lipinski definition) is 2. The van der Waals surface area contributed by atoms with Crippen LogP contribution in [-0.2, 0) is 14.4 Å². The van der Waals surface area contributed by atoms with E-state index in [1.54, 1.807) is 0 Å². The van der Waals surface area contributed by atoms with E-state index >= 15 is 0 Å². The number of carbonyl (C=O) groups is 4. The Bertz CT molecular complexity index is 662. The van der Waals surface area contributed by atoms with Crippen LogP contribution in [0, 0.1) is 5.92 Å². The van der Waals surface area contributed by atoms with Crippen molar-refractivity contribution >= 4 is 23.8 Å². The molecule has 1 spiro atoms. The van der Waals surface area contributed by atoms with E-state index in [4.69, 9.17) is 0 Å². The van der Waals surface area contributed by atoms with Gasteiger partial charge in [0.1, 0.15) is 5.54 Å². The van der Waals surface area contributed by atoms with E-state index in [0.29, 0.717) is 32.4 Å². The van der Waals surface area contributed by atoms with Crippen LogP contribution in [0.3, 0.4) is 0 Å². The third-order valence-corrected chi connectivity index (χ3v) is 7.00. The highest BCUT2D eigenvalue weighted by Crippen LogP contribution is 2.35. The topological polar surface area (TPSA) is 98.8 Å². The van der Waals surface area contributed by atoms with Gasteiger partial charge in [-0.15, -0.1) is 0 Å². The zero-order valence-electron chi connectivity index (χ0n) is 18.4. The Morgan fingerprint density at radius 2 is 1.77 bits per heavy atom. The van der Waals surface area contributed by atoms with E-state index in [1.165, 1.54) is 4.90 Å². The maximum Gasteiger partial charge on any atom is 0.325 e. The second-order valence-electron chi connectivity index (χ2n) is 8.96. The standard InChI is InChI=1S/C22H36N4O4/c1-3-16(4-2)19(28)25-14-9-17(10-15-25)23-18(27)8-7-13-26-20(29)22(24-21(26)30)11-5-6-12-22/h16-17H,3-15H2,1-2H3,(H,23,27)(H,24,30). The van der Waals surface area contributed by atoms with E-state index in [0.717, 1.165) is 38.5 Å². The fourth-order valence-corrected chi connectivity index (χ4v) is 5.03. The summed E-state index contributed by atoms with van der Waals surface area (Å²) in [6, 6.07) is -0.237. The summed E-state index contributed by atoms with van der Waals surface area (Å²) in [4.78, 5) is 52.8. The maximum atomic E-state index is 12.6. The van der Waals surface area contributed by atoms with Crippen molar-refractivity contribution < 1.29 is 19.2 Å². The first-order chi connectivity index (χ1) is 14.4. The first-order valence-corrected chi connectivity index (χ1v) is 11.6. The number of piperidine rings is 1. The van der Waals surface area contributed by atoms with Gasteiger partial charge in [0.05, 0.1) is 0 Å². The van der Waals surface area contributed by atoms with Crippen LogP contribution in [0.25, 0.3) is 0 Å². The second kappa shape index (κ2) is 9.79. The maximum absolute atomic E-state index is 12.6. The average Bonchev–Trinajstić information content (AvgIpc) is 3.29. The Balaban J connectivity index is 1.36. The molecule has 0 bridgehead atoms. The minimum Gasteiger partial charge on any atom is -0.353 e. The molecule has 0 radical (unpaired) electrons. The van der Waals surface area contributed by atoms with Crippen molar-refractivity contribution in [3.8, 4) is 0 Å². The van der Waals surface area contributed by atoms with Crippen LogP contribution in [0.4, 0.5) is 4.79 Å². The monoisotopic (exact) mass is 420 g/mol. The van der Waals surface area contributed by atoms with Crippen molar-refractivity contribution in [3.63, 3.8) is 0 Å². The molecule has 0 atom stereocenters. The lowest BCUT2D eigenvalue weighted by Gasteiger charge is -2.34. The largest absolute Gasteiger partial charge is 0.353 e. The minimum atomic E-state index is -0.681. The number of likely N-dealkylation sites (tertiary alicyclic amines) is 1. The lowest BCUT2D eigenvalue weighted by atomic mass is 9.98. The molecule has 1 aliphatic carbocycles. The molecule has 8 nitrogen and oxygen atoms in total. The summed E-state index contributed by atoms with van der Waals surface area (Å²) in [5.41, 5.74) is -0.681. The quantitative estimate of drug-likeness (QED) is 0.588. The van der Waals surface area contributed by atoms with Gasteiger partial charge in [0, 0.05) is 38.0 Å². The predicted octanol–water partition coefficient (Wildman–Crippen LogP) is 2.17. The molecule has 3 fully saturated rings. The second-order valence-corrected chi connectivity index (χ2v) is 8.96. The van der Waals surface area contributed by atoms with Crippen LogP contribution >= 0.6 is 0 Å². The summed E-state index contributed by atoms with van der Waals surface area (Å²) in [7, 11) is 0. The van der Waals surface area contributed by atoms with Gasteiger partial charge in [-0.25, -0.2) is 4.79 Å². The number of amides is 5. The molecule has 2 aliphatic heterocycles. The summed E-state index contributed by atoms with van der Waals surface area (Å²) in [5.74, 6) is 0.158. The summed E-state index contributed by atoms with van der Waals surface area (Å²) < 4.78 is 0. The lowest BCUT2D eigenvalue weighted by molar-refractivity contribution is -0.137. The molecular weight excluding hydrogens is 384 g/mol. The van der Waals surface area contributed by atoms with Gasteiger partial charge in [0.15, 0.2) is 0 Å². The number of hydrogen-bond acceptors (Lipinski definition) is 4. The van der Waals surface area contributed by atoms with E-state index in [-0.39, 0.29) is 48.7 Å². The SMILES string of the molecule is CCC(CC)C(=O)N1CCC(NC(=O)CCCN2C(=O)NC3(CCCC3)C2=O)CC1. The Morgan fingerprint density at radius 3 is 2.37 bits per heavy atom. The van der Waals surface area contributed by atoms with Gasteiger partial charge in [-0.2, -0.15) is 0 Å². The molecule has 3 rings (SSSR count). The number of nitrogens with zero attached hydrogens (tertiary/aromatic N) is 2. The molecular formula is C22H36N4O4. The molecule has 2 saturated heterocycles. The van der Waals surface area contributed by atoms with Crippen molar-refractivity contribution in [2.45, 2.75) is 89.6 Å². The van der Waals surface area contributed by atoms with E-state index in [2.05, 4.69) is 10.6 Å². The third kappa shape index (κ3) is 4.78. The number of imide groups is 1. The third-order valence-electron chi connectivity index (χ3n) is 7.00. The summed E-state index contributed by atoms with van der Waals surface area (Å²) in [6.07, 6.45) is 7.38. The molecule has 0 aromatic carbocycles. The number of urea groups is 1. The van der Waals surface area contributed by atoms with Gasteiger partial charge in [-0.1, -0.05) is 26.7 Å². The van der Waals surface area contributed by atoms with Crippen LogP contribution in [-0.4, -0.2) is 64.8 Å². The number of rotatable bonds is 8. The molecule has 0 aromatic rings.